The summed E-state index contributed by atoms with van der Waals surface area (Å²) in [6.07, 6.45) is 2.11. The van der Waals surface area contributed by atoms with Crippen LogP contribution in [0.3, 0.4) is 0 Å². The highest BCUT2D eigenvalue weighted by atomic mass is 127. The third-order valence-electron chi connectivity index (χ3n) is 4.14. The molecule has 0 aliphatic rings. The maximum Gasteiger partial charge on any atom is 0.191 e. The van der Waals surface area contributed by atoms with E-state index in [0.717, 1.165) is 23.7 Å². The van der Waals surface area contributed by atoms with Crippen molar-refractivity contribution in [2.24, 2.45) is 4.99 Å². The van der Waals surface area contributed by atoms with E-state index in [1.54, 1.807) is 18.8 Å². The average molecular weight is 480 g/mol. The number of hydrogen-bond donors (Lipinski definition) is 3. The van der Waals surface area contributed by atoms with Gasteiger partial charge in [-0.3, -0.25) is 4.99 Å². The first-order valence-corrected chi connectivity index (χ1v) is 9.56. The third-order valence-corrected chi connectivity index (χ3v) is 4.96. The molecule has 0 fully saturated rings. The number of nitrogens with zero attached hydrogens (tertiary/aromatic N) is 1. The number of thioether (sulfide) groups is 1. The van der Waals surface area contributed by atoms with E-state index in [-0.39, 0.29) is 24.0 Å². The Labute approximate surface area is 176 Å². The lowest BCUT2D eigenvalue weighted by Crippen LogP contribution is -2.36. The number of hydrogen-bond acceptors (Lipinski definition) is 2. The molecule has 0 amide bonds. The highest BCUT2D eigenvalue weighted by Gasteiger charge is 2.05. The Morgan fingerprint density at radius 1 is 1.08 bits per heavy atom. The van der Waals surface area contributed by atoms with Crippen molar-refractivity contribution < 1.29 is 0 Å². The molecule has 6 heteroatoms. The molecule has 0 atom stereocenters. The molecule has 1 heterocycles. The summed E-state index contributed by atoms with van der Waals surface area (Å²) in [4.78, 5) is 9.05. The van der Waals surface area contributed by atoms with Gasteiger partial charge in [0.1, 0.15) is 0 Å². The second kappa shape index (κ2) is 9.87. The van der Waals surface area contributed by atoms with Crippen molar-refractivity contribution in [3.05, 3.63) is 65.4 Å². The SMILES string of the molecule is CN=C(NCc1cc2ccccc2[nH]1)NCc1ccc(C)cc1SC.I. The van der Waals surface area contributed by atoms with E-state index in [0.29, 0.717) is 6.54 Å². The summed E-state index contributed by atoms with van der Waals surface area (Å²) in [6.45, 7) is 3.58. The smallest absolute Gasteiger partial charge is 0.191 e. The Balaban J connectivity index is 0.00000243. The Bertz CT molecular complexity index is 855. The van der Waals surface area contributed by atoms with Crippen LogP contribution in [0.1, 0.15) is 16.8 Å². The van der Waals surface area contributed by atoms with Crippen LogP contribution in [0.2, 0.25) is 0 Å². The van der Waals surface area contributed by atoms with E-state index >= 15 is 0 Å². The van der Waals surface area contributed by atoms with Crippen LogP contribution in [-0.4, -0.2) is 24.2 Å². The number of H-pyrrole nitrogens is 1. The minimum Gasteiger partial charge on any atom is -0.357 e. The Hall–Kier alpha value is -1.67. The molecule has 1 aromatic heterocycles. The largest absolute Gasteiger partial charge is 0.357 e. The quantitative estimate of drug-likeness (QED) is 0.215. The van der Waals surface area contributed by atoms with Crippen LogP contribution in [0.4, 0.5) is 0 Å². The predicted octanol–water partition coefficient (Wildman–Crippen LogP) is 4.68. The topological polar surface area (TPSA) is 52.2 Å². The molecular formula is C20H25IN4S. The van der Waals surface area contributed by atoms with E-state index in [2.05, 4.69) is 76.3 Å². The number of halogens is 1. The van der Waals surface area contributed by atoms with Crippen molar-refractivity contribution in [3.63, 3.8) is 0 Å². The summed E-state index contributed by atoms with van der Waals surface area (Å²) in [6, 6.07) is 17.0. The van der Waals surface area contributed by atoms with Gasteiger partial charge in [0.05, 0.1) is 6.54 Å². The zero-order valence-corrected chi connectivity index (χ0v) is 18.4. The molecule has 0 spiro atoms. The molecule has 138 valence electrons. The maximum atomic E-state index is 4.32. The molecule has 0 unspecified atom stereocenters. The molecule has 0 aliphatic carbocycles. The molecule has 26 heavy (non-hydrogen) atoms. The Morgan fingerprint density at radius 3 is 2.58 bits per heavy atom. The second-order valence-corrected chi connectivity index (χ2v) is 6.82. The van der Waals surface area contributed by atoms with Gasteiger partial charge in [0, 0.05) is 29.7 Å². The summed E-state index contributed by atoms with van der Waals surface area (Å²) in [5.74, 6) is 0.797. The molecule has 3 aromatic rings. The lowest BCUT2D eigenvalue weighted by molar-refractivity contribution is 0.792. The van der Waals surface area contributed by atoms with Crippen molar-refractivity contribution >= 4 is 52.6 Å². The minimum absolute atomic E-state index is 0. The van der Waals surface area contributed by atoms with Crippen LogP contribution >= 0.6 is 35.7 Å². The monoisotopic (exact) mass is 480 g/mol. The van der Waals surface area contributed by atoms with E-state index in [1.807, 2.05) is 6.07 Å². The number of rotatable bonds is 5. The highest BCUT2D eigenvalue weighted by molar-refractivity contribution is 14.0. The second-order valence-electron chi connectivity index (χ2n) is 5.98. The molecule has 3 N–H and O–H groups in total. The van der Waals surface area contributed by atoms with Crippen LogP contribution in [0, 0.1) is 6.92 Å². The van der Waals surface area contributed by atoms with Crippen molar-refractivity contribution in [3.8, 4) is 0 Å². The molecule has 4 nitrogen and oxygen atoms in total. The molecule has 0 saturated heterocycles. The van der Waals surface area contributed by atoms with Gasteiger partial charge in [-0.05, 0) is 47.9 Å². The van der Waals surface area contributed by atoms with E-state index < -0.39 is 0 Å². The first-order valence-electron chi connectivity index (χ1n) is 8.34. The number of aromatic amines is 1. The molecule has 2 aromatic carbocycles. The van der Waals surface area contributed by atoms with Crippen LogP contribution < -0.4 is 10.6 Å². The van der Waals surface area contributed by atoms with Crippen LogP contribution in [0.25, 0.3) is 10.9 Å². The summed E-state index contributed by atoms with van der Waals surface area (Å²) >= 11 is 1.78. The Morgan fingerprint density at radius 2 is 1.85 bits per heavy atom. The summed E-state index contributed by atoms with van der Waals surface area (Å²) < 4.78 is 0. The third kappa shape index (κ3) is 5.17. The van der Waals surface area contributed by atoms with E-state index in [9.17, 15) is 0 Å². The van der Waals surface area contributed by atoms with Crippen molar-refractivity contribution in [1.29, 1.82) is 0 Å². The summed E-state index contributed by atoms with van der Waals surface area (Å²) in [7, 11) is 1.80. The maximum absolute atomic E-state index is 4.32. The zero-order chi connectivity index (χ0) is 17.6. The van der Waals surface area contributed by atoms with Gasteiger partial charge in [-0.2, -0.15) is 0 Å². The van der Waals surface area contributed by atoms with Gasteiger partial charge in [-0.1, -0.05) is 30.3 Å². The van der Waals surface area contributed by atoms with Gasteiger partial charge < -0.3 is 15.6 Å². The predicted molar refractivity (Wildman–Crippen MR) is 124 cm³/mol. The fourth-order valence-electron chi connectivity index (χ4n) is 2.81. The van der Waals surface area contributed by atoms with Gasteiger partial charge in [-0.25, -0.2) is 0 Å². The van der Waals surface area contributed by atoms with Gasteiger partial charge >= 0.3 is 0 Å². The fourth-order valence-corrected chi connectivity index (χ4v) is 3.51. The standard InChI is InChI=1S/C20H24N4S.HI/c1-14-8-9-16(19(10-14)25-3)12-22-20(21-2)23-13-17-11-15-6-4-5-7-18(15)24-17;/h4-11,24H,12-13H2,1-3H3,(H2,21,22,23);1H. The van der Waals surface area contributed by atoms with Crippen LogP contribution in [-0.2, 0) is 13.1 Å². The first kappa shape index (κ1) is 20.6. The van der Waals surface area contributed by atoms with Crippen molar-refractivity contribution in [1.82, 2.24) is 15.6 Å². The molecule has 0 saturated carbocycles. The average Bonchev–Trinajstić information content (AvgIpc) is 3.05. The number of guanidine groups is 1. The molecule has 0 bridgehead atoms. The number of nitrogens with one attached hydrogen (secondary N) is 3. The molecule has 0 aliphatic heterocycles. The number of aromatic nitrogens is 1. The number of benzene rings is 2. The number of aryl methyl sites for hydroxylation is 1. The first-order chi connectivity index (χ1) is 12.2. The normalized spacial score (nSPS) is 11.3. The van der Waals surface area contributed by atoms with Crippen molar-refractivity contribution in [2.45, 2.75) is 24.9 Å². The van der Waals surface area contributed by atoms with Gasteiger partial charge in [0.15, 0.2) is 5.96 Å². The van der Waals surface area contributed by atoms with Crippen LogP contribution in [0.5, 0.6) is 0 Å². The zero-order valence-electron chi connectivity index (χ0n) is 15.3. The molecular weight excluding hydrogens is 455 g/mol. The summed E-state index contributed by atoms with van der Waals surface area (Å²) in [5, 5.41) is 7.99. The lowest BCUT2D eigenvalue weighted by Gasteiger charge is -2.13. The minimum atomic E-state index is 0. The fraction of sp³-hybridized carbons (Fsp3) is 0.250. The van der Waals surface area contributed by atoms with Gasteiger partial charge in [0.25, 0.3) is 0 Å². The number of aliphatic imine (C=N–C) groups is 1. The Kier molecular flexibility index (Phi) is 7.84. The van der Waals surface area contributed by atoms with Crippen molar-refractivity contribution in [2.75, 3.05) is 13.3 Å². The lowest BCUT2D eigenvalue weighted by atomic mass is 10.1. The molecule has 0 radical (unpaired) electrons. The number of para-hydroxylation sites is 1. The molecule has 3 rings (SSSR count). The van der Waals surface area contributed by atoms with Gasteiger partial charge in [0.2, 0.25) is 0 Å². The van der Waals surface area contributed by atoms with E-state index in [1.165, 1.54) is 21.4 Å². The van der Waals surface area contributed by atoms with Gasteiger partial charge in [-0.15, -0.1) is 35.7 Å². The highest BCUT2D eigenvalue weighted by Crippen LogP contribution is 2.21. The number of fused-ring (bicyclic) bond motifs is 1. The van der Waals surface area contributed by atoms with E-state index in [4.69, 9.17) is 0 Å². The summed E-state index contributed by atoms with van der Waals surface area (Å²) in [5.41, 5.74) is 4.87. The van der Waals surface area contributed by atoms with Crippen LogP contribution in [0.15, 0.2) is 58.4 Å².